The van der Waals surface area contributed by atoms with Gasteiger partial charge in [-0.1, -0.05) is 103 Å². The monoisotopic (exact) mass is 874 g/mol. The summed E-state index contributed by atoms with van der Waals surface area (Å²) in [5, 5.41) is 76.5. The van der Waals surface area contributed by atoms with E-state index in [-0.39, 0.29) is 40.2 Å². The third kappa shape index (κ3) is 7.00. The van der Waals surface area contributed by atoms with Gasteiger partial charge in [-0.25, -0.2) is 0 Å². The van der Waals surface area contributed by atoms with Gasteiger partial charge in [0.2, 0.25) is 0 Å². The molecule has 3 aliphatic heterocycles. The van der Waals surface area contributed by atoms with Gasteiger partial charge >= 0.3 is 0 Å². The van der Waals surface area contributed by atoms with Crippen LogP contribution in [0.4, 0.5) is 0 Å². The smallest absolute Gasteiger partial charge is 0.161 e. The number of hydrogen-bond acceptors (Lipinski definition) is 10. The summed E-state index contributed by atoms with van der Waals surface area (Å²) in [5.74, 6) is -1.21. The Labute approximate surface area is 379 Å². The van der Waals surface area contributed by atoms with Gasteiger partial charge in [0.1, 0.15) is 64.3 Å². The molecular weight excluding hydrogens is 833 g/mol. The molecule has 0 spiro atoms. The van der Waals surface area contributed by atoms with Crippen LogP contribution < -0.4 is 14.2 Å². The molecule has 7 N–H and O–H groups in total. The lowest BCUT2D eigenvalue weighted by atomic mass is 9.76. The number of ether oxygens (including phenoxy) is 3. The van der Waals surface area contributed by atoms with Gasteiger partial charge in [-0.2, -0.15) is 0 Å². The summed E-state index contributed by atoms with van der Waals surface area (Å²) in [6.45, 7) is 0. The molecule has 6 unspecified atom stereocenters. The summed E-state index contributed by atoms with van der Waals surface area (Å²) in [6, 6.07) is 48.1. The second-order valence-electron chi connectivity index (χ2n) is 17.0. The summed E-state index contributed by atoms with van der Waals surface area (Å²) in [6.07, 6.45) is 2.05. The predicted octanol–water partition coefficient (Wildman–Crippen LogP) is 11.6. The topological polar surface area (TPSA) is 169 Å². The maximum Gasteiger partial charge on any atom is 0.161 e. The predicted molar refractivity (Wildman–Crippen MR) is 248 cm³/mol. The molecule has 66 heavy (non-hydrogen) atoms. The Morgan fingerprint density at radius 3 is 1.62 bits per heavy atom. The quantitative estimate of drug-likeness (QED) is 0.0443. The largest absolute Gasteiger partial charge is 0.508 e. The summed E-state index contributed by atoms with van der Waals surface area (Å²) in [7, 11) is 0. The number of rotatable bonds is 8. The Bertz CT molecular complexity index is 3180. The van der Waals surface area contributed by atoms with E-state index in [0.29, 0.717) is 28.4 Å². The van der Waals surface area contributed by atoms with Crippen LogP contribution in [0.25, 0.3) is 12.2 Å². The number of hydrogen-bond donors (Lipinski definition) is 7. The zero-order valence-electron chi connectivity index (χ0n) is 35.1. The average molecular weight is 875 g/mol. The number of benzene rings is 8. The van der Waals surface area contributed by atoms with Crippen molar-refractivity contribution < 1.29 is 50.0 Å². The van der Waals surface area contributed by atoms with Gasteiger partial charge in [-0.05, 0) is 93.5 Å². The number of phenolic OH excluding ortho intramolecular Hbond substituents is 7. The van der Waals surface area contributed by atoms with Gasteiger partial charge < -0.3 is 50.0 Å². The van der Waals surface area contributed by atoms with Gasteiger partial charge in [0, 0.05) is 40.5 Å². The molecule has 8 aromatic rings. The van der Waals surface area contributed by atoms with Crippen LogP contribution >= 0.6 is 0 Å². The maximum atomic E-state index is 11.5. The van der Waals surface area contributed by atoms with E-state index in [1.165, 1.54) is 12.1 Å². The Balaban J connectivity index is 1.06. The minimum absolute atomic E-state index is 0.0327. The van der Waals surface area contributed by atoms with Crippen molar-refractivity contribution in [3.05, 3.63) is 225 Å². The Morgan fingerprint density at radius 1 is 0.348 bits per heavy atom. The van der Waals surface area contributed by atoms with Crippen LogP contribution in [0.2, 0.25) is 0 Å². The molecule has 0 radical (unpaired) electrons. The molecule has 0 saturated carbocycles. The Kier molecular flexibility index (Phi) is 9.73. The lowest BCUT2D eigenvalue weighted by Gasteiger charge is -2.26. The van der Waals surface area contributed by atoms with Gasteiger partial charge in [0.25, 0.3) is 0 Å². The minimum Gasteiger partial charge on any atom is -0.508 e. The number of fused-ring (bicyclic) bond motifs is 3. The van der Waals surface area contributed by atoms with Crippen LogP contribution in [0.1, 0.15) is 97.3 Å². The molecule has 8 aromatic carbocycles. The molecule has 10 nitrogen and oxygen atoms in total. The fourth-order valence-corrected chi connectivity index (χ4v) is 10.1. The number of aromatic hydroxyl groups is 7. The third-order valence-corrected chi connectivity index (χ3v) is 12.9. The van der Waals surface area contributed by atoms with Gasteiger partial charge in [-0.3, -0.25) is 0 Å². The first kappa shape index (κ1) is 40.3. The van der Waals surface area contributed by atoms with Crippen LogP contribution in [0.15, 0.2) is 164 Å². The summed E-state index contributed by atoms with van der Waals surface area (Å²) < 4.78 is 20.1. The standard InChI is InChI=1S/C56H42O10/c57-36-19-17-33(18-20-36)55-50(42-25-40(61)29-47-51(42)52(43-26-39(60)27-44(62)53(43)63)56(66-47)32-10-5-2-6-11-32)41-22-30(15-21-45(41)64-55)14-16-35-24-38(59)28-46-48(35)49(34-12-7-13-37(58)23-34)54(65-46)31-8-3-1-4-9-31/h1-29,49-50,52,54-63H/b16-14+. The van der Waals surface area contributed by atoms with Crippen LogP contribution in [0.5, 0.6) is 57.5 Å². The first-order valence-corrected chi connectivity index (χ1v) is 21.6. The molecule has 10 heteroatoms. The van der Waals surface area contributed by atoms with E-state index in [1.54, 1.807) is 54.6 Å². The van der Waals surface area contributed by atoms with E-state index in [1.807, 2.05) is 103 Å². The molecule has 0 bridgehead atoms. The SMILES string of the molecule is Oc1ccc(C2Oc3ccc(/C=C/c4cc(O)cc5c4C(c4cccc(O)c4)C(c4ccccc4)O5)cc3C2c2cc(O)cc3c2C(c2cc(O)cc(O)c2O)C(c2ccccc2)O3)cc1. The average Bonchev–Trinajstić information content (AvgIpc) is 4.02. The minimum atomic E-state index is -0.780. The third-order valence-electron chi connectivity index (χ3n) is 12.9. The second-order valence-corrected chi connectivity index (χ2v) is 17.0. The van der Waals surface area contributed by atoms with Crippen molar-refractivity contribution >= 4 is 12.2 Å². The molecule has 326 valence electrons. The Morgan fingerprint density at radius 2 is 0.924 bits per heavy atom. The summed E-state index contributed by atoms with van der Waals surface area (Å²) in [4.78, 5) is 0. The fourth-order valence-electron chi connectivity index (χ4n) is 10.1. The van der Waals surface area contributed by atoms with Crippen molar-refractivity contribution in [2.45, 2.75) is 36.1 Å². The van der Waals surface area contributed by atoms with Gasteiger partial charge in [0.15, 0.2) is 11.5 Å². The highest BCUT2D eigenvalue weighted by molar-refractivity contribution is 5.76. The van der Waals surface area contributed by atoms with Crippen molar-refractivity contribution in [3.8, 4) is 57.5 Å². The van der Waals surface area contributed by atoms with E-state index in [9.17, 15) is 35.7 Å². The van der Waals surface area contributed by atoms with Gasteiger partial charge in [0.05, 0.1) is 17.8 Å². The zero-order valence-corrected chi connectivity index (χ0v) is 35.1. The molecular formula is C56H42O10. The highest BCUT2D eigenvalue weighted by atomic mass is 16.5. The first-order chi connectivity index (χ1) is 32.1. The Hall–Kier alpha value is -8.50. The van der Waals surface area contributed by atoms with Crippen LogP contribution in [0.3, 0.4) is 0 Å². The van der Waals surface area contributed by atoms with Crippen LogP contribution in [0, 0.1) is 0 Å². The zero-order chi connectivity index (χ0) is 45.2. The highest BCUT2D eigenvalue weighted by Crippen LogP contribution is 2.60. The van der Waals surface area contributed by atoms with Gasteiger partial charge in [-0.15, -0.1) is 0 Å². The van der Waals surface area contributed by atoms with Crippen molar-refractivity contribution in [2.75, 3.05) is 0 Å². The molecule has 11 rings (SSSR count). The molecule has 3 heterocycles. The van der Waals surface area contributed by atoms with E-state index >= 15 is 0 Å². The molecule has 0 aliphatic carbocycles. The normalized spacial score (nSPS) is 20.2. The van der Waals surface area contributed by atoms with Crippen LogP contribution in [-0.4, -0.2) is 35.7 Å². The highest BCUT2D eigenvalue weighted by Gasteiger charge is 2.46. The molecule has 0 fully saturated rings. The first-order valence-electron chi connectivity index (χ1n) is 21.6. The molecule has 0 aromatic heterocycles. The van der Waals surface area contributed by atoms with Crippen molar-refractivity contribution in [1.82, 2.24) is 0 Å². The lowest BCUT2D eigenvalue weighted by Crippen LogP contribution is -2.16. The number of phenols is 7. The molecule has 0 saturated heterocycles. The molecule has 0 amide bonds. The molecule has 3 aliphatic rings. The summed E-state index contributed by atoms with van der Waals surface area (Å²) in [5.41, 5.74) is 7.93. The fraction of sp³-hybridized carbons (Fsp3) is 0.107. The second kappa shape index (κ2) is 15.9. The van der Waals surface area contributed by atoms with E-state index < -0.39 is 41.6 Å². The maximum absolute atomic E-state index is 11.5. The van der Waals surface area contributed by atoms with Crippen LogP contribution in [-0.2, 0) is 0 Å². The van der Waals surface area contributed by atoms with Crippen molar-refractivity contribution in [2.24, 2.45) is 0 Å². The van der Waals surface area contributed by atoms with Crippen molar-refractivity contribution in [3.63, 3.8) is 0 Å². The van der Waals surface area contributed by atoms with E-state index in [0.717, 1.165) is 50.6 Å². The van der Waals surface area contributed by atoms with Crippen molar-refractivity contribution in [1.29, 1.82) is 0 Å². The van der Waals surface area contributed by atoms with E-state index in [4.69, 9.17) is 14.2 Å². The summed E-state index contributed by atoms with van der Waals surface area (Å²) >= 11 is 0. The van der Waals surface area contributed by atoms with E-state index in [2.05, 4.69) is 0 Å². The lowest BCUT2D eigenvalue weighted by molar-refractivity contribution is 0.218. The molecule has 6 atom stereocenters.